The number of amides is 1. The molecule has 1 aliphatic carbocycles. The van der Waals surface area contributed by atoms with Gasteiger partial charge in [-0.05, 0) is 48.6 Å². The second-order valence-electron chi connectivity index (χ2n) is 6.06. The lowest BCUT2D eigenvalue weighted by Gasteiger charge is -2.26. The normalized spacial score (nSPS) is 16.7. The van der Waals surface area contributed by atoms with Crippen LogP contribution in [0.4, 0.5) is 5.69 Å². The molecule has 0 aliphatic heterocycles. The molecule has 1 atom stereocenters. The van der Waals surface area contributed by atoms with Crippen molar-refractivity contribution in [3.63, 3.8) is 0 Å². The number of carbonyl (C=O) groups is 1. The first-order valence-electron chi connectivity index (χ1n) is 7.81. The smallest absolute Gasteiger partial charge is 0.251 e. The molecule has 0 radical (unpaired) electrons. The molecule has 0 unspecified atom stereocenters. The Labute approximate surface area is 132 Å². The van der Waals surface area contributed by atoms with E-state index in [0.29, 0.717) is 5.56 Å². The largest absolute Gasteiger partial charge is 0.378 e. The Hall–Kier alpha value is -2.29. The second-order valence-corrected chi connectivity index (χ2v) is 6.06. The van der Waals surface area contributed by atoms with E-state index < -0.39 is 0 Å². The number of nitrogens with zero attached hydrogens (tertiary/aromatic N) is 1. The molecule has 0 aromatic heterocycles. The zero-order valence-electron chi connectivity index (χ0n) is 13.2. The Morgan fingerprint density at radius 3 is 2.77 bits per heavy atom. The van der Waals surface area contributed by atoms with Crippen LogP contribution in [0.25, 0.3) is 0 Å². The number of fused-ring (bicyclic) bond motifs is 1. The van der Waals surface area contributed by atoms with Crippen LogP contribution in [0.5, 0.6) is 0 Å². The van der Waals surface area contributed by atoms with E-state index in [-0.39, 0.29) is 11.9 Å². The van der Waals surface area contributed by atoms with Gasteiger partial charge in [0.15, 0.2) is 0 Å². The fraction of sp³-hybridized carbons (Fsp3) is 0.316. The Morgan fingerprint density at radius 2 is 1.95 bits per heavy atom. The number of aryl methyl sites for hydroxylation is 1. The van der Waals surface area contributed by atoms with E-state index in [0.717, 1.165) is 24.9 Å². The van der Waals surface area contributed by atoms with Crippen LogP contribution < -0.4 is 10.2 Å². The molecule has 0 bridgehead atoms. The zero-order valence-corrected chi connectivity index (χ0v) is 13.2. The van der Waals surface area contributed by atoms with E-state index in [4.69, 9.17) is 0 Å². The second kappa shape index (κ2) is 6.22. The molecule has 1 aliphatic rings. The average molecular weight is 294 g/mol. The summed E-state index contributed by atoms with van der Waals surface area (Å²) in [5, 5.41) is 3.20. The van der Waals surface area contributed by atoms with Crippen molar-refractivity contribution < 1.29 is 4.79 Å². The molecule has 0 saturated carbocycles. The van der Waals surface area contributed by atoms with Crippen molar-refractivity contribution >= 4 is 11.6 Å². The quantitative estimate of drug-likeness (QED) is 0.938. The molecule has 2 aromatic carbocycles. The van der Waals surface area contributed by atoms with Gasteiger partial charge in [-0.3, -0.25) is 4.79 Å². The SMILES string of the molecule is CN(C)c1cccc(C(=O)N[C@@H]2CCCc3ccccc32)c1. The molecule has 3 heteroatoms. The topological polar surface area (TPSA) is 32.3 Å². The molecule has 0 saturated heterocycles. The standard InChI is InChI=1S/C19H22N2O/c1-21(2)16-10-5-9-15(13-16)19(22)20-18-12-6-8-14-7-3-4-11-17(14)18/h3-5,7,9-11,13,18H,6,8,12H2,1-2H3,(H,20,22)/t18-/m1/s1. The van der Waals surface area contributed by atoms with Crippen LogP contribution in [0, 0.1) is 0 Å². The van der Waals surface area contributed by atoms with Crippen LogP contribution in [-0.4, -0.2) is 20.0 Å². The van der Waals surface area contributed by atoms with E-state index in [1.807, 2.05) is 43.3 Å². The van der Waals surface area contributed by atoms with Crippen molar-refractivity contribution in [2.45, 2.75) is 25.3 Å². The molecule has 1 amide bonds. The van der Waals surface area contributed by atoms with Crippen LogP contribution >= 0.6 is 0 Å². The lowest BCUT2D eigenvalue weighted by molar-refractivity contribution is 0.0933. The van der Waals surface area contributed by atoms with Gasteiger partial charge >= 0.3 is 0 Å². The van der Waals surface area contributed by atoms with Crippen molar-refractivity contribution in [2.75, 3.05) is 19.0 Å². The molecule has 0 heterocycles. The maximum absolute atomic E-state index is 12.6. The maximum Gasteiger partial charge on any atom is 0.251 e. The van der Waals surface area contributed by atoms with Crippen molar-refractivity contribution in [3.8, 4) is 0 Å². The van der Waals surface area contributed by atoms with Gasteiger partial charge in [-0.2, -0.15) is 0 Å². The number of hydrogen-bond acceptors (Lipinski definition) is 2. The highest BCUT2D eigenvalue weighted by Gasteiger charge is 2.21. The lowest BCUT2D eigenvalue weighted by Crippen LogP contribution is -2.31. The minimum absolute atomic E-state index is 0.00500. The van der Waals surface area contributed by atoms with E-state index in [1.165, 1.54) is 11.1 Å². The van der Waals surface area contributed by atoms with Crippen LogP contribution in [0.15, 0.2) is 48.5 Å². The summed E-state index contributed by atoms with van der Waals surface area (Å²) in [6.45, 7) is 0. The van der Waals surface area contributed by atoms with Crippen molar-refractivity contribution in [2.24, 2.45) is 0 Å². The van der Waals surface area contributed by atoms with Crippen molar-refractivity contribution in [3.05, 3.63) is 65.2 Å². The van der Waals surface area contributed by atoms with Gasteiger partial charge in [-0.1, -0.05) is 30.3 Å². The van der Waals surface area contributed by atoms with Crippen LogP contribution in [0.3, 0.4) is 0 Å². The molecule has 2 aromatic rings. The summed E-state index contributed by atoms with van der Waals surface area (Å²) in [5.41, 5.74) is 4.39. The Kier molecular flexibility index (Phi) is 4.14. The minimum Gasteiger partial charge on any atom is -0.378 e. The summed E-state index contributed by atoms with van der Waals surface area (Å²) in [5.74, 6) is 0.00500. The summed E-state index contributed by atoms with van der Waals surface area (Å²) in [6, 6.07) is 16.3. The van der Waals surface area contributed by atoms with Gasteiger partial charge in [0.2, 0.25) is 0 Å². The third-order valence-electron chi connectivity index (χ3n) is 4.30. The van der Waals surface area contributed by atoms with Crippen molar-refractivity contribution in [1.29, 1.82) is 0 Å². The molecule has 3 rings (SSSR count). The summed E-state index contributed by atoms with van der Waals surface area (Å²) in [7, 11) is 3.96. The van der Waals surface area contributed by atoms with Gasteiger partial charge in [0, 0.05) is 25.3 Å². The number of rotatable bonds is 3. The first kappa shape index (κ1) is 14.6. The highest BCUT2D eigenvalue weighted by Crippen LogP contribution is 2.29. The number of benzene rings is 2. The maximum atomic E-state index is 12.6. The van der Waals surface area contributed by atoms with Crippen LogP contribution in [-0.2, 0) is 6.42 Å². The fourth-order valence-corrected chi connectivity index (χ4v) is 3.07. The molecular formula is C19H22N2O. The molecule has 22 heavy (non-hydrogen) atoms. The number of nitrogens with one attached hydrogen (secondary N) is 1. The molecule has 3 nitrogen and oxygen atoms in total. The Bertz CT molecular complexity index is 679. The van der Waals surface area contributed by atoms with Crippen molar-refractivity contribution in [1.82, 2.24) is 5.32 Å². The number of anilines is 1. The Balaban J connectivity index is 1.79. The molecular weight excluding hydrogens is 272 g/mol. The fourth-order valence-electron chi connectivity index (χ4n) is 3.07. The van der Waals surface area contributed by atoms with Gasteiger partial charge in [0.05, 0.1) is 6.04 Å². The first-order chi connectivity index (χ1) is 10.6. The lowest BCUT2D eigenvalue weighted by atomic mass is 9.87. The predicted molar refractivity (Wildman–Crippen MR) is 90.4 cm³/mol. The monoisotopic (exact) mass is 294 g/mol. The molecule has 0 spiro atoms. The van der Waals surface area contributed by atoms with Gasteiger partial charge in [0.1, 0.15) is 0 Å². The summed E-state index contributed by atoms with van der Waals surface area (Å²) >= 11 is 0. The zero-order chi connectivity index (χ0) is 15.5. The van der Waals surface area contributed by atoms with Crippen LogP contribution in [0.2, 0.25) is 0 Å². The summed E-state index contributed by atoms with van der Waals surface area (Å²) < 4.78 is 0. The molecule has 114 valence electrons. The van der Waals surface area contributed by atoms with Gasteiger partial charge in [-0.25, -0.2) is 0 Å². The third-order valence-corrected chi connectivity index (χ3v) is 4.30. The third kappa shape index (κ3) is 2.98. The highest BCUT2D eigenvalue weighted by molar-refractivity contribution is 5.95. The molecule has 1 N–H and O–H groups in total. The number of carbonyl (C=O) groups excluding carboxylic acids is 1. The highest BCUT2D eigenvalue weighted by atomic mass is 16.1. The number of hydrogen-bond donors (Lipinski definition) is 1. The van der Waals surface area contributed by atoms with E-state index >= 15 is 0 Å². The van der Waals surface area contributed by atoms with Gasteiger partial charge < -0.3 is 10.2 Å². The summed E-state index contributed by atoms with van der Waals surface area (Å²) in [4.78, 5) is 14.6. The van der Waals surface area contributed by atoms with Gasteiger partial charge in [0.25, 0.3) is 5.91 Å². The van der Waals surface area contributed by atoms with Gasteiger partial charge in [-0.15, -0.1) is 0 Å². The summed E-state index contributed by atoms with van der Waals surface area (Å²) in [6.07, 6.45) is 3.24. The molecule has 0 fully saturated rings. The van der Waals surface area contributed by atoms with E-state index in [9.17, 15) is 4.79 Å². The Morgan fingerprint density at radius 1 is 1.14 bits per heavy atom. The average Bonchev–Trinajstić information content (AvgIpc) is 2.55. The van der Waals surface area contributed by atoms with E-state index in [1.54, 1.807) is 0 Å². The van der Waals surface area contributed by atoms with E-state index in [2.05, 4.69) is 29.6 Å². The van der Waals surface area contributed by atoms with Crippen LogP contribution in [0.1, 0.15) is 40.4 Å². The minimum atomic E-state index is 0.00500. The predicted octanol–water partition coefficient (Wildman–Crippen LogP) is 3.56. The first-order valence-corrected chi connectivity index (χ1v) is 7.81.